The van der Waals surface area contributed by atoms with Crippen molar-refractivity contribution in [1.82, 2.24) is 10.6 Å². The molecule has 2 N–H and O–H groups in total. The second-order valence-corrected chi connectivity index (χ2v) is 5.15. The average molecular weight is 290 g/mol. The molecule has 0 radical (unpaired) electrons. The van der Waals surface area contributed by atoms with Gasteiger partial charge in [-0.2, -0.15) is 0 Å². The van der Waals surface area contributed by atoms with Crippen LogP contribution in [0.15, 0.2) is 36.9 Å². The number of amides is 2. The van der Waals surface area contributed by atoms with Crippen LogP contribution in [-0.2, 0) is 16.0 Å². The van der Waals surface area contributed by atoms with Crippen LogP contribution < -0.4 is 10.6 Å². The van der Waals surface area contributed by atoms with E-state index in [0.717, 1.165) is 5.56 Å². The van der Waals surface area contributed by atoms with Crippen LogP contribution in [0.25, 0.3) is 0 Å². The summed E-state index contributed by atoms with van der Waals surface area (Å²) in [7, 11) is 0. The lowest BCUT2D eigenvalue weighted by Gasteiger charge is -2.05. The van der Waals surface area contributed by atoms with Gasteiger partial charge in [0.05, 0.1) is 11.8 Å². The second-order valence-electron chi connectivity index (χ2n) is 5.15. The van der Waals surface area contributed by atoms with Crippen LogP contribution in [0.4, 0.5) is 4.39 Å². The Kier molecular flexibility index (Phi) is 5.09. The van der Waals surface area contributed by atoms with Crippen LogP contribution in [0.2, 0.25) is 0 Å². The average Bonchev–Trinajstić information content (AvgIpc) is 3.27. The Balaban J connectivity index is 1.68. The molecular weight excluding hydrogens is 271 g/mol. The van der Waals surface area contributed by atoms with E-state index in [1.165, 1.54) is 12.1 Å². The van der Waals surface area contributed by atoms with Gasteiger partial charge in [0.2, 0.25) is 11.8 Å². The molecule has 2 rings (SSSR count). The van der Waals surface area contributed by atoms with Crippen molar-refractivity contribution in [2.75, 3.05) is 13.1 Å². The van der Waals surface area contributed by atoms with Gasteiger partial charge in [-0.25, -0.2) is 4.39 Å². The second kappa shape index (κ2) is 7.02. The third kappa shape index (κ3) is 4.41. The van der Waals surface area contributed by atoms with Gasteiger partial charge in [0.15, 0.2) is 0 Å². The van der Waals surface area contributed by atoms with Crippen molar-refractivity contribution in [2.45, 2.75) is 12.8 Å². The maximum absolute atomic E-state index is 12.7. The fourth-order valence-electron chi connectivity index (χ4n) is 2.19. The van der Waals surface area contributed by atoms with E-state index in [0.29, 0.717) is 25.9 Å². The van der Waals surface area contributed by atoms with Gasteiger partial charge in [0.25, 0.3) is 0 Å². The highest BCUT2D eigenvalue weighted by Crippen LogP contribution is 2.38. The van der Waals surface area contributed by atoms with Crippen molar-refractivity contribution in [1.29, 1.82) is 0 Å². The van der Waals surface area contributed by atoms with Crippen molar-refractivity contribution in [3.8, 4) is 0 Å². The SMILES string of the molecule is C=CCNC(=O)C1CC1C(=O)NCCc1ccc(F)cc1. The molecular formula is C16H19FN2O2. The van der Waals surface area contributed by atoms with E-state index >= 15 is 0 Å². The molecule has 21 heavy (non-hydrogen) atoms. The summed E-state index contributed by atoms with van der Waals surface area (Å²) in [6.07, 6.45) is 2.86. The van der Waals surface area contributed by atoms with Gasteiger partial charge in [-0.05, 0) is 30.5 Å². The first-order valence-corrected chi connectivity index (χ1v) is 7.02. The summed E-state index contributed by atoms with van der Waals surface area (Å²) >= 11 is 0. The Bertz CT molecular complexity index is 528. The minimum absolute atomic E-state index is 0.0872. The highest BCUT2D eigenvalue weighted by molar-refractivity contribution is 5.92. The third-order valence-corrected chi connectivity index (χ3v) is 3.51. The Hall–Kier alpha value is -2.17. The molecule has 2 atom stereocenters. The summed E-state index contributed by atoms with van der Waals surface area (Å²) in [6.45, 7) is 4.44. The number of hydrogen-bond donors (Lipinski definition) is 2. The van der Waals surface area contributed by atoms with Gasteiger partial charge in [-0.1, -0.05) is 18.2 Å². The lowest BCUT2D eigenvalue weighted by molar-refractivity contribution is -0.127. The third-order valence-electron chi connectivity index (χ3n) is 3.51. The first-order chi connectivity index (χ1) is 10.1. The number of rotatable bonds is 7. The first-order valence-electron chi connectivity index (χ1n) is 7.02. The van der Waals surface area contributed by atoms with Crippen LogP contribution in [0.3, 0.4) is 0 Å². The fraction of sp³-hybridized carbons (Fsp3) is 0.375. The molecule has 0 spiro atoms. The van der Waals surface area contributed by atoms with Crippen LogP contribution in [0, 0.1) is 17.7 Å². The zero-order valence-corrected chi connectivity index (χ0v) is 11.8. The van der Waals surface area contributed by atoms with Gasteiger partial charge in [0.1, 0.15) is 5.82 Å². The zero-order chi connectivity index (χ0) is 15.2. The van der Waals surface area contributed by atoms with Gasteiger partial charge in [0, 0.05) is 13.1 Å². The predicted octanol–water partition coefficient (Wildman–Crippen LogP) is 1.42. The Morgan fingerprint density at radius 2 is 1.81 bits per heavy atom. The largest absolute Gasteiger partial charge is 0.356 e. The normalized spacial score (nSPS) is 19.7. The maximum atomic E-state index is 12.7. The van der Waals surface area contributed by atoms with Crippen molar-refractivity contribution in [2.24, 2.45) is 11.8 Å². The lowest BCUT2D eigenvalue weighted by Crippen LogP contribution is -2.31. The summed E-state index contributed by atoms with van der Waals surface area (Å²) in [5, 5.41) is 5.51. The number of benzene rings is 1. The molecule has 1 aliphatic rings. The quantitative estimate of drug-likeness (QED) is 0.746. The van der Waals surface area contributed by atoms with E-state index in [1.807, 2.05) is 0 Å². The van der Waals surface area contributed by atoms with Crippen molar-refractivity contribution < 1.29 is 14.0 Å². The molecule has 1 aromatic carbocycles. The Morgan fingerprint density at radius 3 is 2.43 bits per heavy atom. The van der Waals surface area contributed by atoms with Crippen LogP contribution in [-0.4, -0.2) is 24.9 Å². The molecule has 1 aromatic rings. The molecule has 112 valence electrons. The van der Waals surface area contributed by atoms with Crippen molar-refractivity contribution in [3.05, 3.63) is 48.3 Å². The van der Waals surface area contributed by atoms with E-state index < -0.39 is 0 Å². The minimum Gasteiger partial charge on any atom is -0.356 e. The summed E-state index contributed by atoms with van der Waals surface area (Å²) in [5.41, 5.74) is 0.966. The highest BCUT2D eigenvalue weighted by atomic mass is 19.1. The number of nitrogens with one attached hydrogen (secondary N) is 2. The standard InChI is InChI=1S/C16H19FN2O2/c1-2-8-18-15(20)13-10-14(13)16(21)19-9-7-11-3-5-12(17)6-4-11/h2-6,13-14H,1,7-10H2,(H,18,20)(H,19,21). The maximum Gasteiger partial charge on any atom is 0.224 e. The predicted molar refractivity (Wildman–Crippen MR) is 77.9 cm³/mol. The lowest BCUT2D eigenvalue weighted by atomic mass is 10.1. The van der Waals surface area contributed by atoms with Gasteiger partial charge >= 0.3 is 0 Å². The molecule has 1 fully saturated rings. The van der Waals surface area contributed by atoms with E-state index in [9.17, 15) is 14.0 Å². The topological polar surface area (TPSA) is 58.2 Å². The van der Waals surface area contributed by atoms with E-state index in [1.54, 1.807) is 18.2 Å². The molecule has 2 amide bonds. The molecule has 2 unspecified atom stereocenters. The van der Waals surface area contributed by atoms with E-state index in [-0.39, 0.29) is 29.5 Å². The van der Waals surface area contributed by atoms with Gasteiger partial charge < -0.3 is 10.6 Å². The van der Waals surface area contributed by atoms with Crippen LogP contribution in [0.1, 0.15) is 12.0 Å². The molecule has 0 bridgehead atoms. The number of hydrogen-bond acceptors (Lipinski definition) is 2. The molecule has 1 saturated carbocycles. The first kappa shape index (κ1) is 15.2. The Morgan fingerprint density at radius 1 is 1.19 bits per heavy atom. The van der Waals surface area contributed by atoms with Crippen LogP contribution >= 0.6 is 0 Å². The van der Waals surface area contributed by atoms with Crippen molar-refractivity contribution >= 4 is 11.8 Å². The van der Waals surface area contributed by atoms with Crippen LogP contribution in [0.5, 0.6) is 0 Å². The summed E-state index contributed by atoms with van der Waals surface area (Å²) in [5.74, 6) is -0.877. The van der Waals surface area contributed by atoms with Gasteiger partial charge in [-0.3, -0.25) is 9.59 Å². The van der Waals surface area contributed by atoms with Crippen molar-refractivity contribution in [3.63, 3.8) is 0 Å². The fourth-order valence-corrected chi connectivity index (χ4v) is 2.19. The molecule has 0 heterocycles. The summed E-state index contributed by atoms with van der Waals surface area (Å²) in [4.78, 5) is 23.5. The molecule has 4 nitrogen and oxygen atoms in total. The number of carbonyl (C=O) groups excluding carboxylic acids is 2. The monoisotopic (exact) mass is 290 g/mol. The smallest absolute Gasteiger partial charge is 0.224 e. The molecule has 5 heteroatoms. The van der Waals surface area contributed by atoms with E-state index in [2.05, 4.69) is 17.2 Å². The minimum atomic E-state index is -0.269. The highest BCUT2D eigenvalue weighted by Gasteiger charge is 2.47. The van der Waals surface area contributed by atoms with E-state index in [4.69, 9.17) is 0 Å². The number of halogens is 1. The Labute approximate surface area is 123 Å². The molecule has 1 aliphatic carbocycles. The molecule has 0 aliphatic heterocycles. The van der Waals surface area contributed by atoms with Gasteiger partial charge in [-0.15, -0.1) is 6.58 Å². The summed E-state index contributed by atoms with van der Waals surface area (Å²) in [6, 6.07) is 6.20. The molecule has 0 aromatic heterocycles. The summed E-state index contributed by atoms with van der Waals surface area (Å²) < 4.78 is 12.7. The molecule has 0 saturated heterocycles. The zero-order valence-electron chi connectivity index (χ0n) is 11.8. The number of carbonyl (C=O) groups is 2.